The second-order valence-electron chi connectivity index (χ2n) is 7.94. The lowest BCUT2D eigenvalue weighted by atomic mass is 9.89. The Morgan fingerprint density at radius 1 is 0.971 bits per heavy atom. The molecule has 1 aliphatic rings. The molecule has 3 aromatic carbocycles. The second kappa shape index (κ2) is 9.10. The smallest absolute Gasteiger partial charge is 0.277 e. The maximum Gasteiger partial charge on any atom is 0.277 e. The molecule has 0 N–H and O–H groups in total. The van der Waals surface area contributed by atoms with Gasteiger partial charge in [0.15, 0.2) is 0 Å². The van der Waals surface area contributed by atoms with Crippen LogP contribution in [0.3, 0.4) is 0 Å². The molecule has 4 rings (SSSR count). The number of fused-ring (bicyclic) bond motifs is 1. The summed E-state index contributed by atoms with van der Waals surface area (Å²) >= 11 is 0. The lowest BCUT2D eigenvalue weighted by Gasteiger charge is -2.42. The molecule has 1 heterocycles. The van der Waals surface area contributed by atoms with E-state index in [-0.39, 0.29) is 11.6 Å². The fraction of sp³-hybridized carbons (Fsp3) is 0.167. The highest BCUT2D eigenvalue weighted by atomic mass is 16.6. The lowest BCUT2D eigenvalue weighted by molar-refractivity contribution is -0.394. The van der Waals surface area contributed by atoms with Crippen molar-refractivity contribution in [3.63, 3.8) is 0 Å². The van der Waals surface area contributed by atoms with Crippen molar-refractivity contribution < 1.29 is 19.4 Å². The number of benzene rings is 3. The average Bonchev–Trinajstić information content (AvgIpc) is 2.84. The number of amides is 2. The zero-order chi connectivity index (χ0) is 24.4. The van der Waals surface area contributed by atoms with Gasteiger partial charge in [-0.05, 0) is 37.1 Å². The summed E-state index contributed by atoms with van der Waals surface area (Å²) < 4.78 is 0. The highest BCUT2D eigenvalue weighted by molar-refractivity contribution is 6.08. The molecule has 0 bridgehead atoms. The number of carbonyl (C=O) groups is 2. The number of hydrogen-bond donors (Lipinski definition) is 0. The largest absolute Gasteiger partial charge is 0.307 e. The van der Waals surface area contributed by atoms with E-state index in [1.165, 1.54) is 4.90 Å². The van der Waals surface area contributed by atoms with Crippen molar-refractivity contribution in [1.29, 1.82) is 0 Å². The number of hydrogen-bond acceptors (Lipinski definition) is 6. The van der Waals surface area contributed by atoms with Gasteiger partial charge in [0.05, 0.1) is 27.5 Å². The van der Waals surface area contributed by atoms with Crippen LogP contribution >= 0.6 is 0 Å². The first-order chi connectivity index (χ1) is 16.3. The predicted molar refractivity (Wildman–Crippen MR) is 125 cm³/mol. The topological polar surface area (TPSA) is 127 Å². The van der Waals surface area contributed by atoms with E-state index in [2.05, 4.69) is 0 Å². The van der Waals surface area contributed by atoms with Crippen LogP contribution in [0.4, 0.5) is 22.7 Å². The van der Waals surface area contributed by atoms with Crippen molar-refractivity contribution in [3.8, 4) is 0 Å². The molecule has 10 heteroatoms. The molecule has 0 saturated heterocycles. The number of nitro benzene ring substituents is 2. The highest BCUT2D eigenvalue weighted by Crippen LogP contribution is 2.42. The van der Waals surface area contributed by atoms with Crippen LogP contribution in [-0.2, 0) is 4.79 Å². The van der Waals surface area contributed by atoms with Crippen molar-refractivity contribution in [1.82, 2.24) is 0 Å². The van der Waals surface area contributed by atoms with Crippen molar-refractivity contribution in [2.45, 2.75) is 25.4 Å². The molecule has 0 spiro atoms. The van der Waals surface area contributed by atoms with E-state index in [1.807, 2.05) is 36.4 Å². The molecule has 2 amide bonds. The number of para-hydroxylation sites is 2. The molecule has 34 heavy (non-hydrogen) atoms. The summed E-state index contributed by atoms with van der Waals surface area (Å²) in [6.45, 7) is 1.81. The summed E-state index contributed by atoms with van der Waals surface area (Å²) in [6.07, 6.45) is 1.15. The molecule has 1 aliphatic heterocycles. The molecular weight excluding hydrogens is 440 g/mol. The van der Waals surface area contributed by atoms with Crippen molar-refractivity contribution in [2.75, 3.05) is 9.80 Å². The zero-order valence-corrected chi connectivity index (χ0v) is 18.1. The van der Waals surface area contributed by atoms with Crippen LogP contribution in [0.5, 0.6) is 0 Å². The van der Waals surface area contributed by atoms with Gasteiger partial charge >= 0.3 is 0 Å². The van der Waals surface area contributed by atoms with Gasteiger partial charge in [-0.1, -0.05) is 36.4 Å². The molecule has 3 aromatic rings. The summed E-state index contributed by atoms with van der Waals surface area (Å²) in [6, 6.07) is 18.4. The van der Waals surface area contributed by atoms with Gasteiger partial charge in [-0.15, -0.1) is 0 Å². The SMILES string of the molecule is C[C@H]1C[C@H](N(C=O)c2ccccc2)c2ccccc2N1C(=O)c1cc([N+](=O)[O-])cc([N+](=O)[O-])c1. The van der Waals surface area contributed by atoms with Crippen LogP contribution in [0.2, 0.25) is 0 Å². The van der Waals surface area contributed by atoms with E-state index >= 15 is 0 Å². The van der Waals surface area contributed by atoms with Crippen molar-refractivity contribution >= 4 is 35.1 Å². The number of carbonyl (C=O) groups excluding carboxylic acids is 2. The maximum absolute atomic E-state index is 13.5. The minimum Gasteiger partial charge on any atom is -0.307 e. The van der Waals surface area contributed by atoms with Crippen LogP contribution in [0.1, 0.15) is 35.3 Å². The van der Waals surface area contributed by atoms with E-state index in [0.717, 1.165) is 30.2 Å². The van der Waals surface area contributed by atoms with Gasteiger partial charge in [-0.3, -0.25) is 29.8 Å². The summed E-state index contributed by atoms with van der Waals surface area (Å²) in [4.78, 5) is 49.7. The Kier molecular flexibility index (Phi) is 6.05. The quantitative estimate of drug-likeness (QED) is 0.299. The molecule has 10 nitrogen and oxygen atoms in total. The molecule has 0 aliphatic carbocycles. The first kappa shape index (κ1) is 22.6. The number of non-ortho nitro benzene ring substituents is 2. The van der Waals surface area contributed by atoms with E-state index in [4.69, 9.17) is 0 Å². The molecular formula is C24H20N4O6. The summed E-state index contributed by atoms with van der Waals surface area (Å²) in [5, 5.41) is 22.6. The Morgan fingerprint density at radius 3 is 2.15 bits per heavy atom. The Bertz CT molecular complexity index is 1250. The minimum absolute atomic E-state index is 0.156. The normalized spacial score (nSPS) is 16.9. The molecule has 0 fully saturated rings. The highest BCUT2D eigenvalue weighted by Gasteiger charge is 2.37. The fourth-order valence-electron chi connectivity index (χ4n) is 4.34. The monoisotopic (exact) mass is 460 g/mol. The number of nitrogens with zero attached hydrogens (tertiary/aromatic N) is 4. The van der Waals surface area contributed by atoms with Gasteiger partial charge in [0.1, 0.15) is 0 Å². The minimum atomic E-state index is -0.769. The lowest BCUT2D eigenvalue weighted by Crippen LogP contribution is -2.46. The van der Waals surface area contributed by atoms with Gasteiger partial charge in [0, 0.05) is 29.5 Å². The molecule has 0 unspecified atom stereocenters. The van der Waals surface area contributed by atoms with Crippen LogP contribution in [0.25, 0.3) is 0 Å². The molecule has 0 radical (unpaired) electrons. The Balaban J connectivity index is 1.79. The van der Waals surface area contributed by atoms with Gasteiger partial charge in [0.25, 0.3) is 17.3 Å². The Morgan fingerprint density at radius 2 is 1.56 bits per heavy atom. The van der Waals surface area contributed by atoms with Crippen LogP contribution in [-0.4, -0.2) is 28.2 Å². The molecule has 0 saturated carbocycles. The van der Waals surface area contributed by atoms with Crippen molar-refractivity contribution in [2.24, 2.45) is 0 Å². The van der Waals surface area contributed by atoms with Crippen LogP contribution in [0, 0.1) is 20.2 Å². The van der Waals surface area contributed by atoms with Crippen molar-refractivity contribution in [3.05, 3.63) is 104 Å². The van der Waals surface area contributed by atoms with Gasteiger partial charge in [-0.25, -0.2) is 0 Å². The van der Waals surface area contributed by atoms with Crippen LogP contribution < -0.4 is 9.80 Å². The third-order valence-corrected chi connectivity index (χ3v) is 5.85. The Hall–Kier alpha value is -4.60. The summed E-state index contributed by atoms with van der Waals surface area (Å²) in [7, 11) is 0. The predicted octanol–water partition coefficient (Wildman–Crippen LogP) is 4.65. The molecule has 0 aromatic heterocycles. The Labute approximate surface area is 194 Å². The van der Waals surface area contributed by atoms with Gasteiger partial charge in [-0.2, -0.15) is 0 Å². The first-order valence-electron chi connectivity index (χ1n) is 10.5. The third kappa shape index (κ3) is 4.08. The number of nitro groups is 2. The van der Waals surface area contributed by atoms with E-state index in [0.29, 0.717) is 17.8 Å². The third-order valence-electron chi connectivity index (χ3n) is 5.85. The van der Waals surface area contributed by atoms with Gasteiger partial charge < -0.3 is 9.80 Å². The van der Waals surface area contributed by atoms with E-state index in [1.54, 1.807) is 30.0 Å². The maximum atomic E-state index is 13.5. The molecule has 172 valence electrons. The first-order valence-corrected chi connectivity index (χ1v) is 10.5. The standard InChI is InChI=1S/C24H20N4O6/c1-16-11-23(25(15-29)18-7-3-2-4-8-18)21-9-5-6-10-22(21)26(16)24(30)17-12-19(27(31)32)14-20(13-17)28(33)34/h2-10,12-16,23H,11H2,1H3/t16-,23-/m0/s1. The zero-order valence-electron chi connectivity index (χ0n) is 18.1. The molecule has 2 atom stereocenters. The van der Waals surface area contributed by atoms with Crippen LogP contribution in [0.15, 0.2) is 72.8 Å². The summed E-state index contributed by atoms with van der Waals surface area (Å²) in [5.74, 6) is -0.595. The second-order valence-corrected chi connectivity index (χ2v) is 7.94. The fourth-order valence-corrected chi connectivity index (χ4v) is 4.34. The summed E-state index contributed by atoms with van der Waals surface area (Å²) in [5.41, 5.74) is 0.738. The van der Waals surface area contributed by atoms with Gasteiger partial charge in [0.2, 0.25) is 6.41 Å². The number of rotatable bonds is 6. The van der Waals surface area contributed by atoms with E-state index in [9.17, 15) is 29.8 Å². The number of anilines is 2. The average molecular weight is 460 g/mol. The van der Waals surface area contributed by atoms with E-state index < -0.39 is 33.2 Å².